The Kier molecular flexibility index (Phi) is 6.27. The molecule has 0 N–H and O–H groups in total. The number of aryl methyl sites for hydroxylation is 1. The second kappa shape index (κ2) is 8.86. The molecule has 0 amide bonds. The van der Waals surface area contributed by atoms with Crippen molar-refractivity contribution >= 4 is 22.7 Å². The molecule has 1 heterocycles. The van der Waals surface area contributed by atoms with Gasteiger partial charge in [-0.1, -0.05) is 44.2 Å². The molecular weight excluding hydrogens is 368 g/mol. The van der Waals surface area contributed by atoms with E-state index in [4.69, 9.17) is 9.15 Å². The van der Waals surface area contributed by atoms with Crippen LogP contribution in [0, 0.1) is 6.92 Å². The van der Waals surface area contributed by atoms with Crippen molar-refractivity contribution in [2.24, 2.45) is 0 Å². The fourth-order valence-electron chi connectivity index (χ4n) is 3.35. The molecular formula is C24H24O5. The summed E-state index contributed by atoms with van der Waals surface area (Å²) in [6.45, 7) is 6.12. The third-order valence-corrected chi connectivity index (χ3v) is 4.88. The predicted octanol–water partition coefficient (Wildman–Crippen LogP) is 4.93. The Balaban J connectivity index is 1.71. The first-order valence-corrected chi connectivity index (χ1v) is 9.66. The molecule has 0 bridgehead atoms. The van der Waals surface area contributed by atoms with Crippen LogP contribution in [0.4, 0.5) is 0 Å². The van der Waals surface area contributed by atoms with Crippen LogP contribution in [0.25, 0.3) is 11.0 Å². The van der Waals surface area contributed by atoms with Crippen molar-refractivity contribution in [1.29, 1.82) is 0 Å². The molecule has 5 heteroatoms. The molecule has 0 saturated carbocycles. The lowest BCUT2D eigenvalue weighted by Crippen LogP contribution is -2.10. The fraction of sp³-hybridized carbons (Fsp3) is 0.292. The molecule has 0 saturated heterocycles. The van der Waals surface area contributed by atoms with E-state index in [9.17, 15) is 14.4 Å². The zero-order valence-corrected chi connectivity index (χ0v) is 16.9. The monoisotopic (exact) mass is 392 g/mol. The molecule has 1 aromatic heterocycles. The number of esters is 1. The average Bonchev–Trinajstić information content (AvgIpc) is 2.69. The smallest absolute Gasteiger partial charge is 0.336 e. The lowest BCUT2D eigenvalue weighted by Gasteiger charge is -2.13. The van der Waals surface area contributed by atoms with Gasteiger partial charge in [0.05, 0.1) is 6.42 Å². The Morgan fingerprint density at radius 2 is 1.76 bits per heavy atom. The molecule has 0 unspecified atom stereocenters. The van der Waals surface area contributed by atoms with Gasteiger partial charge >= 0.3 is 11.6 Å². The minimum absolute atomic E-state index is 0.0105. The molecule has 2 aromatic carbocycles. The molecule has 5 nitrogen and oxygen atoms in total. The van der Waals surface area contributed by atoms with Gasteiger partial charge in [-0.3, -0.25) is 9.59 Å². The lowest BCUT2D eigenvalue weighted by atomic mass is 9.95. The number of rotatable bonds is 7. The summed E-state index contributed by atoms with van der Waals surface area (Å²) in [6, 6.07) is 14.0. The van der Waals surface area contributed by atoms with E-state index in [1.807, 2.05) is 25.1 Å². The maximum Gasteiger partial charge on any atom is 0.336 e. The minimum atomic E-state index is -0.487. The standard InChI is InChI=1S/C24H24O5/c1-15(2)19-13-20-18(12-24(27)29-22(20)11-16(19)3)14-28-23(26)10-9-21(25)17-7-5-4-6-8-17/h4-8,11-13,15H,9-10,14H2,1-3H3. The molecule has 29 heavy (non-hydrogen) atoms. The van der Waals surface area contributed by atoms with Gasteiger partial charge in [0.2, 0.25) is 0 Å². The lowest BCUT2D eigenvalue weighted by molar-refractivity contribution is -0.144. The first-order chi connectivity index (χ1) is 13.8. The highest BCUT2D eigenvalue weighted by Gasteiger charge is 2.14. The Morgan fingerprint density at radius 1 is 1.03 bits per heavy atom. The van der Waals surface area contributed by atoms with Crippen LogP contribution in [0.5, 0.6) is 0 Å². The maximum atomic E-state index is 12.1. The summed E-state index contributed by atoms with van der Waals surface area (Å²) in [5.41, 5.74) is 3.35. The van der Waals surface area contributed by atoms with E-state index >= 15 is 0 Å². The Morgan fingerprint density at radius 3 is 2.45 bits per heavy atom. The first kappa shape index (κ1) is 20.5. The highest BCUT2D eigenvalue weighted by molar-refractivity contribution is 5.97. The Bertz CT molecular complexity index is 1090. The second-order valence-electron chi connectivity index (χ2n) is 7.40. The molecule has 0 fully saturated rings. The van der Waals surface area contributed by atoms with Crippen LogP contribution in [0.1, 0.15) is 59.7 Å². The summed E-state index contributed by atoms with van der Waals surface area (Å²) in [5.74, 6) is -0.275. The molecule has 0 spiro atoms. The number of carbonyl (C=O) groups excluding carboxylic acids is 2. The molecule has 3 aromatic rings. The number of Topliss-reactive ketones (excluding diaryl/α,β-unsaturated/α-hetero) is 1. The predicted molar refractivity (Wildman–Crippen MR) is 111 cm³/mol. The van der Waals surface area contributed by atoms with Gasteiger partial charge < -0.3 is 9.15 Å². The van der Waals surface area contributed by atoms with E-state index in [1.165, 1.54) is 6.07 Å². The SMILES string of the molecule is Cc1cc2oc(=O)cc(COC(=O)CCC(=O)c3ccccc3)c2cc1C(C)C. The van der Waals surface area contributed by atoms with Gasteiger partial charge in [0, 0.05) is 29.0 Å². The summed E-state index contributed by atoms with van der Waals surface area (Å²) in [6.07, 6.45) is 0.0701. The molecule has 3 rings (SSSR count). The quantitative estimate of drug-likeness (QED) is 0.324. The molecule has 0 atom stereocenters. The molecule has 0 aliphatic heterocycles. The van der Waals surface area contributed by atoms with Gasteiger partial charge in [-0.2, -0.15) is 0 Å². The van der Waals surface area contributed by atoms with Crippen LogP contribution < -0.4 is 5.63 Å². The summed E-state index contributed by atoms with van der Waals surface area (Å²) in [7, 11) is 0. The van der Waals surface area contributed by atoms with Gasteiger partial charge in [0.15, 0.2) is 5.78 Å². The molecule has 0 radical (unpaired) electrons. The number of hydrogen-bond donors (Lipinski definition) is 0. The highest BCUT2D eigenvalue weighted by atomic mass is 16.5. The zero-order chi connectivity index (χ0) is 21.0. The van der Waals surface area contributed by atoms with Gasteiger partial charge in [-0.15, -0.1) is 0 Å². The summed E-state index contributed by atoms with van der Waals surface area (Å²) in [5, 5.41) is 0.757. The first-order valence-electron chi connectivity index (χ1n) is 9.66. The van der Waals surface area contributed by atoms with E-state index in [-0.39, 0.29) is 25.2 Å². The van der Waals surface area contributed by atoms with E-state index in [0.29, 0.717) is 22.6 Å². The number of benzene rings is 2. The van der Waals surface area contributed by atoms with Crippen LogP contribution in [0.2, 0.25) is 0 Å². The van der Waals surface area contributed by atoms with Gasteiger partial charge in [0.25, 0.3) is 0 Å². The number of carbonyl (C=O) groups is 2. The summed E-state index contributed by atoms with van der Waals surface area (Å²) in [4.78, 5) is 36.1. The van der Waals surface area contributed by atoms with Gasteiger partial charge in [-0.25, -0.2) is 4.79 Å². The maximum absolute atomic E-state index is 12.1. The zero-order valence-electron chi connectivity index (χ0n) is 16.9. The van der Waals surface area contributed by atoms with Crippen molar-refractivity contribution in [2.75, 3.05) is 0 Å². The van der Waals surface area contributed by atoms with Crippen LogP contribution in [0.3, 0.4) is 0 Å². The molecule has 150 valence electrons. The molecule has 0 aliphatic carbocycles. The van der Waals surface area contributed by atoms with Crippen LogP contribution in [0.15, 0.2) is 57.7 Å². The van der Waals surface area contributed by atoms with Crippen LogP contribution >= 0.6 is 0 Å². The Labute approximate surface area is 169 Å². The van der Waals surface area contributed by atoms with Crippen molar-refractivity contribution in [1.82, 2.24) is 0 Å². The average molecular weight is 392 g/mol. The van der Waals surface area contributed by atoms with E-state index in [2.05, 4.69) is 13.8 Å². The number of ether oxygens (including phenoxy) is 1. The second-order valence-corrected chi connectivity index (χ2v) is 7.40. The normalized spacial score (nSPS) is 11.0. The topological polar surface area (TPSA) is 73.6 Å². The van der Waals surface area contributed by atoms with Crippen molar-refractivity contribution < 1.29 is 18.7 Å². The number of hydrogen-bond acceptors (Lipinski definition) is 5. The summed E-state index contributed by atoms with van der Waals surface area (Å²) < 4.78 is 10.6. The van der Waals surface area contributed by atoms with E-state index in [1.54, 1.807) is 24.3 Å². The fourth-order valence-corrected chi connectivity index (χ4v) is 3.35. The van der Waals surface area contributed by atoms with Crippen molar-refractivity contribution in [3.05, 3.63) is 81.2 Å². The van der Waals surface area contributed by atoms with Crippen LogP contribution in [-0.4, -0.2) is 11.8 Å². The highest BCUT2D eigenvalue weighted by Crippen LogP contribution is 2.27. The van der Waals surface area contributed by atoms with Gasteiger partial charge in [-0.05, 0) is 36.1 Å². The minimum Gasteiger partial charge on any atom is -0.461 e. The third-order valence-electron chi connectivity index (χ3n) is 4.88. The third kappa shape index (κ3) is 4.99. The summed E-state index contributed by atoms with van der Waals surface area (Å²) >= 11 is 0. The van der Waals surface area contributed by atoms with Gasteiger partial charge in [0.1, 0.15) is 12.2 Å². The van der Waals surface area contributed by atoms with E-state index in [0.717, 1.165) is 16.5 Å². The van der Waals surface area contributed by atoms with Crippen LogP contribution in [-0.2, 0) is 16.1 Å². The molecule has 0 aliphatic rings. The number of ketones is 1. The van der Waals surface area contributed by atoms with Crippen molar-refractivity contribution in [3.63, 3.8) is 0 Å². The van der Waals surface area contributed by atoms with Crippen molar-refractivity contribution in [2.45, 2.75) is 46.1 Å². The Hall–Kier alpha value is -3.21. The van der Waals surface area contributed by atoms with Crippen molar-refractivity contribution in [3.8, 4) is 0 Å². The largest absolute Gasteiger partial charge is 0.461 e. The number of fused-ring (bicyclic) bond motifs is 1. The van der Waals surface area contributed by atoms with E-state index < -0.39 is 11.6 Å².